The molecule has 0 spiro atoms. The summed E-state index contributed by atoms with van der Waals surface area (Å²) in [6, 6.07) is 5.69. The van der Waals surface area contributed by atoms with Crippen molar-refractivity contribution in [2.45, 2.75) is 13.3 Å². The van der Waals surface area contributed by atoms with Gasteiger partial charge in [-0.15, -0.1) is 0 Å². The first-order valence-electron chi connectivity index (χ1n) is 4.43. The van der Waals surface area contributed by atoms with Crippen LogP contribution in [0.4, 0.5) is 0 Å². The standard InChI is InChI=1S/C10H12O3/c1-2-6-11-7-12-8-4-3-5-9-10(8)13-9/h3-5H,2,6-7H2,1H3. The highest BCUT2D eigenvalue weighted by atomic mass is 16.7. The molecule has 1 aromatic carbocycles. The van der Waals surface area contributed by atoms with Crippen LogP contribution >= 0.6 is 0 Å². The number of fused-ring (bicyclic) bond motifs is 1. The van der Waals surface area contributed by atoms with E-state index >= 15 is 0 Å². The van der Waals surface area contributed by atoms with Gasteiger partial charge in [-0.3, -0.25) is 0 Å². The van der Waals surface area contributed by atoms with Crippen LogP contribution < -0.4 is 9.47 Å². The molecule has 70 valence electrons. The van der Waals surface area contributed by atoms with Crippen LogP contribution in [0.5, 0.6) is 17.2 Å². The van der Waals surface area contributed by atoms with Gasteiger partial charge in [0, 0.05) is 0 Å². The van der Waals surface area contributed by atoms with Crippen molar-refractivity contribution in [1.29, 1.82) is 0 Å². The molecule has 2 rings (SSSR count). The first-order valence-corrected chi connectivity index (χ1v) is 4.43. The number of para-hydroxylation sites is 1. The molecule has 0 atom stereocenters. The Balaban J connectivity index is 1.80. The molecule has 3 nitrogen and oxygen atoms in total. The number of benzene rings is 1. The van der Waals surface area contributed by atoms with Gasteiger partial charge in [-0.25, -0.2) is 0 Å². The molecule has 3 heteroatoms. The summed E-state index contributed by atoms with van der Waals surface area (Å²) >= 11 is 0. The lowest BCUT2D eigenvalue weighted by Crippen LogP contribution is -2.02. The zero-order chi connectivity index (χ0) is 9.10. The van der Waals surface area contributed by atoms with Crippen LogP contribution in [0.1, 0.15) is 13.3 Å². The topological polar surface area (TPSA) is 31.0 Å². The third kappa shape index (κ3) is 1.92. The van der Waals surface area contributed by atoms with Crippen LogP contribution in [0.2, 0.25) is 0 Å². The summed E-state index contributed by atoms with van der Waals surface area (Å²) in [6.45, 7) is 3.09. The fourth-order valence-electron chi connectivity index (χ4n) is 1.09. The van der Waals surface area contributed by atoms with Crippen LogP contribution in [-0.2, 0) is 4.74 Å². The molecule has 0 saturated carbocycles. The molecule has 0 N–H and O–H groups in total. The Morgan fingerprint density at radius 2 is 2.31 bits per heavy atom. The van der Waals surface area contributed by atoms with Crippen molar-refractivity contribution in [2.24, 2.45) is 0 Å². The Morgan fingerprint density at radius 3 is 3.15 bits per heavy atom. The van der Waals surface area contributed by atoms with E-state index in [4.69, 9.17) is 14.2 Å². The monoisotopic (exact) mass is 180 g/mol. The normalized spacial score (nSPS) is 11.8. The van der Waals surface area contributed by atoms with E-state index in [1.807, 2.05) is 18.2 Å². The maximum atomic E-state index is 5.34. The minimum absolute atomic E-state index is 0.299. The highest BCUT2D eigenvalue weighted by Crippen LogP contribution is 2.51. The van der Waals surface area contributed by atoms with Gasteiger partial charge in [0.1, 0.15) is 0 Å². The van der Waals surface area contributed by atoms with Gasteiger partial charge < -0.3 is 14.2 Å². The highest BCUT2D eigenvalue weighted by molar-refractivity contribution is 5.62. The van der Waals surface area contributed by atoms with Crippen LogP contribution in [0, 0.1) is 0 Å². The smallest absolute Gasteiger partial charge is 0.212 e. The van der Waals surface area contributed by atoms with Crippen LogP contribution in [0.3, 0.4) is 0 Å². The summed E-state index contributed by atoms with van der Waals surface area (Å²) < 4.78 is 15.7. The summed E-state index contributed by atoms with van der Waals surface area (Å²) in [5, 5.41) is 0. The first-order chi connectivity index (χ1) is 6.42. The minimum Gasteiger partial charge on any atom is -0.463 e. The molecule has 0 aromatic heterocycles. The Kier molecular flexibility index (Phi) is 2.36. The van der Waals surface area contributed by atoms with Crippen molar-refractivity contribution >= 4 is 0 Å². The molecule has 0 saturated heterocycles. The third-order valence-corrected chi connectivity index (χ3v) is 1.76. The van der Waals surface area contributed by atoms with Crippen LogP contribution in [-0.4, -0.2) is 13.4 Å². The van der Waals surface area contributed by atoms with Gasteiger partial charge in [0.15, 0.2) is 18.3 Å². The quantitative estimate of drug-likeness (QED) is 0.402. The molecule has 0 aliphatic carbocycles. The number of rotatable bonds is 5. The second-order valence-corrected chi connectivity index (χ2v) is 2.86. The van der Waals surface area contributed by atoms with E-state index < -0.39 is 0 Å². The maximum absolute atomic E-state index is 5.34. The van der Waals surface area contributed by atoms with E-state index in [1.54, 1.807) is 0 Å². The lowest BCUT2D eigenvalue weighted by atomic mass is 10.3. The number of hydrogen-bond donors (Lipinski definition) is 0. The summed E-state index contributed by atoms with van der Waals surface area (Å²) in [6.07, 6.45) is 1.01. The van der Waals surface area contributed by atoms with Gasteiger partial charge >= 0.3 is 0 Å². The van der Waals surface area contributed by atoms with Gasteiger partial charge in [0.2, 0.25) is 5.75 Å². The van der Waals surface area contributed by atoms with Crippen molar-refractivity contribution in [3.8, 4) is 17.2 Å². The summed E-state index contributed by atoms with van der Waals surface area (Å²) in [4.78, 5) is 0. The van der Waals surface area contributed by atoms with E-state index in [9.17, 15) is 0 Å². The molecule has 1 aliphatic heterocycles. The van der Waals surface area contributed by atoms with Gasteiger partial charge in [0.25, 0.3) is 0 Å². The second kappa shape index (κ2) is 3.66. The zero-order valence-corrected chi connectivity index (χ0v) is 7.58. The van der Waals surface area contributed by atoms with Gasteiger partial charge in [0.05, 0.1) is 6.61 Å². The van der Waals surface area contributed by atoms with E-state index in [-0.39, 0.29) is 0 Å². The third-order valence-electron chi connectivity index (χ3n) is 1.76. The summed E-state index contributed by atoms with van der Waals surface area (Å²) in [5.41, 5.74) is 0. The molecular formula is C10H12O3. The van der Waals surface area contributed by atoms with Crippen LogP contribution in [0.25, 0.3) is 0 Å². The average molecular weight is 180 g/mol. The average Bonchev–Trinajstić information content (AvgIpc) is 2.91. The molecule has 1 aromatic rings. The predicted molar refractivity (Wildman–Crippen MR) is 48.3 cm³/mol. The van der Waals surface area contributed by atoms with Crippen molar-refractivity contribution in [3.63, 3.8) is 0 Å². The van der Waals surface area contributed by atoms with Crippen LogP contribution in [0.15, 0.2) is 18.2 Å². The van der Waals surface area contributed by atoms with Crippen molar-refractivity contribution in [3.05, 3.63) is 18.2 Å². The van der Waals surface area contributed by atoms with E-state index in [1.165, 1.54) is 0 Å². The molecular weight excluding hydrogens is 168 g/mol. The predicted octanol–water partition coefficient (Wildman–Crippen LogP) is 2.56. The fraction of sp³-hybridized carbons (Fsp3) is 0.400. The van der Waals surface area contributed by atoms with Gasteiger partial charge in [-0.05, 0) is 18.6 Å². The molecule has 0 fully saturated rings. The SMILES string of the molecule is CCCOCOc1cccc2c1O2. The first kappa shape index (κ1) is 8.38. The van der Waals surface area contributed by atoms with Crippen molar-refractivity contribution < 1.29 is 14.2 Å². The molecule has 1 heterocycles. The molecule has 0 radical (unpaired) electrons. The van der Waals surface area contributed by atoms with Gasteiger partial charge in [-0.1, -0.05) is 13.0 Å². The summed E-state index contributed by atoms with van der Waals surface area (Å²) in [7, 11) is 0. The minimum atomic E-state index is 0.299. The zero-order valence-electron chi connectivity index (χ0n) is 7.58. The van der Waals surface area contributed by atoms with Crippen molar-refractivity contribution in [2.75, 3.05) is 13.4 Å². The lowest BCUT2D eigenvalue weighted by Gasteiger charge is -2.03. The number of ether oxygens (including phenoxy) is 3. The molecule has 0 unspecified atom stereocenters. The Labute approximate surface area is 77.2 Å². The van der Waals surface area contributed by atoms with E-state index in [2.05, 4.69) is 6.92 Å². The lowest BCUT2D eigenvalue weighted by molar-refractivity contribution is 0.0155. The van der Waals surface area contributed by atoms with Crippen molar-refractivity contribution in [1.82, 2.24) is 0 Å². The summed E-state index contributed by atoms with van der Waals surface area (Å²) in [5.74, 6) is 2.53. The molecule has 0 bridgehead atoms. The molecule has 1 aliphatic rings. The fourth-order valence-corrected chi connectivity index (χ4v) is 1.09. The Bertz CT molecular complexity index is 296. The van der Waals surface area contributed by atoms with Gasteiger partial charge in [-0.2, -0.15) is 0 Å². The van der Waals surface area contributed by atoms with E-state index in [0.717, 1.165) is 30.3 Å². The largest absolute Gasteiger partial charge is 0.463 e. The Morgan fingerprint density at radius 1 is 1.38 bits per heavy atom. The second-order valence-electron chi connectivity index (χ2n) is 2.86. The number of hydrogen-bond acceptors (Lipinski definition) is 3. The Hall–Kier alpha value is -1.22. The molecule has 13 heavy (non-hydrogen) atoms. The molecule has 0 amide bonds. The highest BCUT2D eigenvalue weighted by Gasteiger charge is 2.24. The van der Waals surface area contributed by atoms with E-state index in [0.29, 0.717) is 6.79 Å². The maximum Gasteiger partial charge on any atom is 0.212 e.